The average molecular weight is 394 g/mol. The molecule has 2 aromatic rings. The molecule has 28 heavy (non-hydrogen) atoms. The Hall–Kier alpha value is -3.76. The van der Waals surface area contributed by atoms with Gasteiger partial charge in [0, 0.05) is 11.8 Å². The van der Waals surface area contributed by atoms with E-state index in [1.807, 2.05) is 0 Å². The molecule has 0 saturated carbocycles. The van der Waals surface area contributed by atoms with E-state index in [0.29, 0.717) is 11.3 Å². The van der Waals surface area contributed by atoms with Crippen LogP contribution in [0.25, 0.3) is 0 Å². The molecule has 0 aromatic heterocycles. The molecule has 8 nitrogen and oxygen atoms in total. The quantitative estimate of drug-likeness (QED) is 0.460. The summed E-state index contributed by atoms with van der Waals surface area (Å²) in [6.45, 7) is 1.52. The Morgan fingerprint density at radius 2 is 1.68 bits per heavy atom. The molecule has 2 aromatic carbocycles. The van der Waals surface area contributed by atoms with Gasteiger partial charge in [-0.1, -0.05) is 24.3 Å². The summed E-state index contributed by atoms with van der Waals surface area (Å²) in [4.78, 5) is 33.2. The van der Waals surface area contributed by atoms with Gasteiger partial charge in [-0.25, -0.2) is 5.43 Å². The summed E-state index contributed by atoms with van der Waals surface area (Å²) >= 11 is 0. The number of nitrogens with zero attached hydrogens (tertiary/aromatic N) is 2. The number of benzene rings is 2. The van der Waals surface area contributed by atoms with Gasteiger partial charge < -0.3 is 5.32 Å². The highest BCUT2D eigenvalue weighted by Gasteiger charge is 2.38. The number of rotatable bonds is 5. The van der Waals surface area contributed by atoms with Crippen LogP contribution in [0.15, 0.2) is 53.6 Å². The summed E-state index contributed by atoms with van der Waals surface area (Å²) < 4.78 is 36.7. The lowest BCUT2D eigenvalue weighted by molar-refractivity contribution is -0.385. The second-order valence-electron chi connectivity index (χ2n) is 5.44. The van der Waals surface area contributed by atoms with Crippen LogP contribution in [0.3, 0.4) is 0 Å². The zero-order chi connectivity index (χ0) is 20.9. The van der Waals surface area contributed by atoms with Crippen LogP contribution in [0.5, 0.6) is 0 Å². The van der Waals surface area contributed by atoms with Crippen LogP contribution in [-0.4, -0.2) is 28.6 Å². The van der Waals surface area contributed by atoms with Crippen molar-refractivity contribution in [2.24, 2.45) is 5.10 Å². The van der Waals surface area contributed by atoms with Crippen molar-refractivity contribution in [3.8, 4) is 0 Å². The van der Waals surface area contributed by atoms with Gasteiger partial charge in [0.1, 0.15) is 5.56 Å². The number of alkyl halides is 3. The van der Waals surface area contributed by atoms with Crippen LogP contribution >= 0.6 is 0 Å². The lowest BCUT2D eigenvalue weighted by Gasteiger charge is -2.08. The number of hydrogen-bond acceptors (Lipinski definition) is 5. The fourth-order valence-corrected chi connectivity index (χ4v) is 2.08. The van der Waals surface area contributed by atoms with Crippen molar-refractivity contribution in [2.45, 2.75) is 13.1 Å². The third-order valence-electron chi connectivity index (χ3n) is 3.49. The smallest absolute Gasteiger partial charge is 0.318 e. The summed E-state index contributed by atoms with van der Waals surface area (Å²) in [6.07, 6.45) is -5.00. The Morgan fingerprint density at radius 3 is 2.25 bits per heavy atom. The van der Waals surface area contributed by atoms with E-state index in [4.69, 9.17) is 0 Å². The minimum absolute atomic E-state index is 0.0668. The van der Waals surface area contributed by atoms with Crippen molar-refractivity contribution in [1.29, 1.82) is 0 Å². The van der Waals surface area contributed by atoms with Crippen molar-refractivity contribution in [3.05, 3.63) is 69.8 Å². The minimum Gasteiger partial charge on any atom is -0.318 e. The van der Waals surface area contributed by atoms with Crippen molar-refractivity contribution in [3.63, 3.8) is 0 Å². The van der Waals surface area contributed by atoms with E-state index in [1.165, 1.54) is 55.5 Å². The SMILES string of the molecule is CC(=NNC(=O)c1ccccc1[N+](=O)[O-])c1ccc(NC(=O)C(F)(F)F)cc1. The van der Waals surface area contributed by atoms with Crippen LogP contribution in [0.1, 0.15) is 22.8 Å². The van der Waals surface area contributed by atoms with E-state index < -0.39 is 22.9 Å². The highest BCUT2D eigenvalue weighted by atomic mass is 19.4. The van der Waals surface area contributed by atoms with Gasteiger partial charge in [0.2, 0.25) is 0 Å². The predicted octanol–water partition coefficient (Wildman–Crippen LogP) is 3.25. The maximum absolute atomic E-state index is 12.2. The molecule has 0 saturated heterocycles. The van der Waals surface area contributed by atoms with Crippen LogP contribution < -0.4 is 10.7 Å². The molecule has 11 heteroatoms. The summed E-state index contributed by atoms with van der Waals surface area (Å²) in [5, 5.41) is 16.5. The molecule has 2 amide bonds. The fraction of sp³-hybridized carbons (Fsp3) is 0.118. The number of hydrazone groups is 1. The van der Waals surface area contributed by atoms with Gasteiger partial charge >= 0.3 is 12.1 Å². The lowest BCUT2D eigenvalue weighted by atomic mass is 10.1. The van der Waals surface area contributed by atoms with Crippen molar-refractivity contribution < 1.29 is 27.7 Å². The highest BCUT2D eigenvalue weighted by Crippen LogP contribution is 2.19. The molecule has 0 fully saturated rings. The number of carbonyl (C=O) groups excluding carboxylic acids is 2. The van der Waals surface area contributed by atoms with Crippen molar-refractivity contribution >= 4 is 28.9 Å². The van der Waals surface area contributed by atoms with Crippen LogP contribution in [0.4, 0.5) is 24.5 Å². The number of amides is 2. The molecule has 0 aliphatic rings. The van der Waals surface area contributed by atoms with E-state index in [1.54, 1.807) is 5.32 Å². The number of anilines is 1. The molecule has 0 heterocycles. The van der Waals surface area contributed by atoms with Gasteiger partial charge in [-0.3, -0.25) is 19.7 Å². The Labute approximate surface area is 156 Å². The molecule has 2 rings (SSSR count). The van der Waals surface area contributed by atoms with Gasteiger partial charge in [-0.15, -0.1) is 0 Å². The molecule has 146 valence electrons. The van der Waals surface area contributed by atoms with Gasteiger partial charge in [-0.2, -0.15) is 18.3 Å². The first-order valence-electron chi connectivity index (χ1n) is 7.66. The molecular formula is C17H13F3N4O4. The van der Waals surface area contributed by atoms with Gasteiger partial charge in [0.15, 0.2) is 0 Å². The van der Waals surface area contributed by atoms with Crippen LogP contribution in [0, 0.1) is 10.1 Å². The van der Waals surface area contributed by atoms with Gasteiger partial charge in [0.05, 0.1) is 10.6 Å². The minimum atomic E-state index is -5.00. The third-order valence-corrected chi connectivity index (χ3v) is 3.49. The molecule has 0 radical (unpaired) electrons. The molecule has 0 unspecified atom stereocenters. The van der Waals surface area contributed by atoms with Gasteiger partial charge in [-0.05, 0) is 30.7 Å². The Kier molecular flexibility index (Phi) is 6.08. The largest absolute Gasteiger partial charge is 0.471 e. The first-order chi connectivity index (χ1) is 13.1. The Morgan fingerprint density at radius 1 is 1.07 bits per heavy atom. The summed E-state index contributed by atoms with van der Waals surface area (Å²) in [5.74, 6) is -2.89. The molecule has 0 bridgehead atoms. The average Bonchev–Trinajstić information content (AvgIpc) is 2.65. The molecule has 2 N–H and O–H groups in total. The third kappa shape index (κ3) is 5.13. The molecular weight excluding hydrogens is 381 g/mol. The molecule has 0 spiro atoms. The van der Waals surface area contributed by atoms with Crippen molar-refractivity contribution in [1.82, 2.24) is 5.43 Å². The fourth-order valence-electron chi connectivity index (χ4n) is 2.08. The number of nitrogens with one attached hydrogen (secondary N) is 2. The maximum atomic E-state index is 12.2. The normalized spacial score (nSPS) is 11.6. The topological polar surface area (TPSA) is 114 Å². The number of nitro benzene ring substituents is 1. The monoisotopic (exact) mass is 394 g/mol. The first kappa shape index (κ1) is 20.6. The molecule has 0 aliphatic heterocycles. The van der Waals surface area contributed by atoms with Crippen LogP contribution in [-0.2, 0) is 4.79 Å². The number of carbonyl (C=O) groups is 2. The number of para-hydroxylation sites is 1. The molecule has 0 aliphatic carbocycles. The standard InChI is InChI=1S/C17H13F3N4O4/c1-10(11-6-8-12(9-7-11)21-16(26)17(18,19)20)22-23-15(25)13-4-2-3-5-14(13)24(27)28/h2-9H,1H3,(H,21,26)(H,23,25). The van der Waals surface area contributed by atoms with E-state index in [9.17, 15) is 32.9 Å². The Bertz CT molecular complexity index is 940. The second kappa shape index (κ2) is 8.29. The zero-order valence-corrected chi connectivity index (χ0v) is 14.3. The second-order valence-corrected chi connectivity index (χ2v) is 5.44. The summed E-state index contributed by atoms with van der Waals surface area (Å²) in [7, 11) is 0. The number of halogens is 3. The van der Waals surface area contributed by atoms with E-state index in [0.717, 1.165) is 0 Å². The number of hydrogen-bond donors (Lipinski definition) is 2. The van der Waals surface area contributed by atoms with E-state index >= 15 is 0 Å². The summed E-state index contributed by atoms with van der Waals surface area (Å²) in [5.41, 5.74) is 2.31. The van der Waals surface area contributed by atoms with E-state index in [-0.39, 0.29) is 16.9 Å². The van der Waals surface area contributed by atoms with Crippen molar-refractivity contribution in [2.75, 3.05) is 5.32 Å². The number of nitro groups is 1. The van der Waals surface area contributed by atoms with Gasteiger partial charge in [0.25, 0.3) is 11.6 Å². The Balaban J connectivity index is 2.09. The maximum Gasteiger partial charge on any atom is 0.471 e. The highest BCUT2D eigenvalue weighted by molar-refractivity contribution is 6.02. The van der Waals surface area contributed by atoms with E-state index in [2.05, 4.69) is 10.5 Å². The zero-order valence-electron chi connectivity index (χ0n) is 14.3. The predicted molar refractivity (Wildman–Crippen MR) is 93.9 cm³/mol. The first-order valence-corrected chi connectivity index (χ1v) is 7.66. The molecule has 0 atom stereocenters. The summed E-state index contributed by atoms with van der Waals surface area (Å²) in [6, 6.07) is 10.6. The van der Waals surface area contributed by atoms with Crippen LogP contribution in [0.2, 0.25) is 0 Å². The lowest BCUT2D eigenvalue weighted by Crippen LogP contribution is -2.29.